The van der Waals surface area contributed by atoms with Crippen LogP contribution in [-0.2, 0) is 9.53 Å². The zero-order chi connectivity index (χ0) is 17.0. The fourth-order valence-electron chi connectivity index (χ4n) is 2.59. The topological polar surface area (TPSA) is 71.8 Å². The van der Waals surface area contributed by atoms with Crippen molar-refractivity contribution < 1.29 is 18.7 Å². The number of nitrogens with zero attached hydrogens (tertiary/aromatic N) is 1. The number of piperidine rings is 1. The first-order chi connectivity index (χ1) is 10.8. The van der Waals surface area contributed by atoms with Crippen LogP contribution in [0.5, 0.6) is 0 Å². The van der Waals surface area contributed by atoms with Crippen LogP contribution in [0.2, 0.25) is 0 Å². The summed E-state index contributed by atoms with van der Waals surface area (Å²) < 4.78 is 10.7. The van der Waals surface area contributed by atoms with E-state index in [2.05, 4.69) is 5.32 Å². The fraction of sp³-hybridized carbons (Fsp3) is 0.647. The Kier molecular flexibility index (Phi) is 5.34. The van der Waals surface area contributed by atoms with Gasteiger partial charge in [0, 0.05) is 19.0 Å². The van der Waals surface area contributed by atoms with Crippen molar-refractivity contribution in [1.82, 2.24) is 10.2 Å². The lowest BCUT2D eigenvalue weighted by molar-refractivity contribution is -0.127. The molecule has 1 saturated heterocycles. The van der Waals surface area contributed by atoms with Crippen LogP contribution >= 0.6 is 0 Å². The molecular weight excluding hydrogens is 296 g/mol. The van der Waals surface area contributed by atoms with Crippen LogP contribution < -0.4 is 5.32 Å². The third-order valence-electron chi connectivity index (χ3n) is 3.85. The van der Waals surface area contributed by atoms with E-state index >= 15 is 0 Å². The minimum atomic E-state index is -0.496. The number of nitrogens with one attached hydrogen (secondary N) is 1. The van der Waals surface area contributed by atoms with Gasteiger partial charge in [-0.25, -0.2) is 4.79 Å². The first-order valence-electron chi connectivity index (χ1n) is 8.08. The lowest BCUT2D eigenvalue weighted by atomic mass is 9.96. The number of hydrogen-bond donors (Lipinski definition) is 1. The highest BCUT2D eigenvalue weighted by Gasteiger charge is 2.30. The fourth-order valence-corrected chi connectivity index (χ4v) is 2.59. The number of ether oxygens (including phenoxy) is 1. The Hall–Kier alpha value is -1.98. The minimum Gasteiger partial charge on any atom is -0.467 e. The number of rotatable bonds is 3. The minimum absolute atomic E-state index is 0.0118. The van der Waals surface area contributed by atoms with Gasteiger partial charge in [0.15, 0.2) is 0 Å². The van der Waals surface area contributed by atoms with E-state index < -0.39 is 5.60 Å². The molecule has 1 aliphatic rings. The molecule has 1 N–H and O–H groups in total. The van der Waals surface area contributed by atoms with Gasteiger partial charge in [0.05, 0.1) is 12.3 Å². The molecule has 1 aliphatic heterocycles. The molecule has 0 aliphatic carbocycles. The van der Waals surface area contributed by atoms with Gasteiger partial charge in [0.2, 0.25) is 5.91 Å². The predicted octanol–water partition coefficient (Wildman–Crippen LogP) is 3.10. The van der Waals surface area contributed by atoms with Crippen molar-refractivity contribution in [2.45, 2.75) is 52.2 Å². The van der Waals surface area contributed by atoms with E-state index in [1.54, 1.807) is 17.2 Å². The molecule has 0 unspecified atom stereocenters. The highest BCUT2D eigenvalue weighted by molar-refractivity contribution is 5.79. The lowest BCUT2D eigenvalue weighted by Crippen LogP contribution is -2.45. The van der Waals surface area contributed by atoms with Crippen molar-refractivity contribution in [3.8, 4) is 0 Å². The molecule has 1 fully saturated rings. The van der Waals surface area contributed by atoms with E-state index in [9.17, 15) is 9.59 Å². The average molecular weight is 322 g/mol. The van der Waals surface area contributed by atoms with E-state index in [4.69, 9.17) is 9.15 Å². The van der Waals surface area contributed by atoms with Gasteiger partial charge in [-0.3, -0.25) is 4.79 Å². The SMILES string of the molecule is C[C@@H](NC(=O)C1CCN(C(=O)OC(C)(C)C)CC1)c1ccco1. The lowest BCUT2D eigenvalue weighted by Gasteiger charge is -2.33. The first kappa shape index (κ1) is 17.4. The Bertz CT molecular complexity index is 525. The molecular formula is C17H26N2O4. The zero-order valence-electron chi connectivity index (χ0n) is 14.3. The summed E-state index contributed by atoms with van der Waals surface area (Å²) in [6.45, 7) is 8.53. The van der Waals surface area contributed by atoms with Gasteiger partial charge in [-0.15, -0.1) is 0 Å². The summed E-state index contributed by atoms with van der Waals surface area (Å²) in [6, 6.07) is 3.49. The predicted molar refractivity (Wildman–Crippen MR) is 85.8 cm³/mol. The van der Waals surface area contributed by atoms with Crippen LogP contribution in [0.1, 0.15) is 52.3 Å². The van der Waals surface area contributed by atoms with E-state index in [1.807, 2.05) is 33.8 Å². The molecule has 1 atom stereocenters. The molecule has 0 spiro atoms. The highest BCUT2D eigenvalue weighted by atomic mass is 16.6. The summed E-state index contributed by atoms with van der Waals surface area (Å²) in [7, 11) is 0. The Balaban J connectivity index is 1.79. The van der Waals surface area contributed by atoms with Gasteiger partial charge in [0.25, 0.3) is 0 Å². The van der Waals surface area contributed by atoms with Crippen molar-refractivity contribution in [3.63, 3.8) is 0 Å². The zero-order valence-corrected chi connectivity index (χ0v) is 14.3. The molecule has 0 radical (unpaired) electrons. The van der Waals surface area contributed by atoms with Crippen LogP contribution in [0, 0.1) is 5.92 Å². The maximum absolute atomic E-state index is 12.3. The monoisotopic (exact) mass is 322 g/mol. The van der Waals surface area contributed by atoms with Crippen molar-refractivity contribution in [2.24, 2.45) is 5.92 Å². The van der Waals surface area contributed by atoms with Crippen LogP contribution in [0.15, 0.2) is 22.8 Å². The highest BCUT2D eigenvalue weighted by Crippen LogP contribution is 2.21. The first-order valence-corrected chi connectivity index (χ1v) is 8.08. The van der Waals surface area contributed by atoms with Gasteiger partial charge < -0.3 is 19.4 Å². The number of furan rings is 1. The van der Waals surface area contributed by atoms with Gasteiger partial charge in [-0.05, 0) is 52.7 Å². The molecule has 2 amide bonds. The number of carbonyl (C=O) groups is 2. The second kappa shape index (κ2) is 7.06. The van der Waals surface area contributed by atoms with Crippen LogP contribution in [0.25, 0.3) is 0 Å². The number of likely N-dealkylation sites (tertiary alicyclic amines) is 1. The third kappa shape index (κ3) is 5.01. The van der Waals surface area contributed by atoms with Gasteiger partial charge in [0.1, 0.15) is 11.4 Å². The Morgan fingerprint density at radius 2 is 2.00 bits per heavy atom. The molecule has 0 saturated carbocycles. The van der Waals surface area contributed by atoms with Gasteiger partial charge >= 0.3 is 6.09 Å². The van der Waals surface area contributed by atoms with E-state index in [-0.39, 0.29) is 24.0 Å². The maximum atomic E-state index is 12.3. The molecule has 1 aromatic heterocycles. The smallest absolute Gasteiger partial charge is 0.410 e. The summed E-state index contributed by atoms with van der Waals surface area (Å²) in [5.74, 6) is 0.674. The Labute approximate surface area is 137 Å². The van der Waals surface area contributed by atoms with Crippen LogP contribution in [0.4, 0.5) is 4.79 Å². The summed E-state index contributed by atoms with van der Waals surface area (Å²) >= 11 is 0. The van der Waals surface area contributed by atoms with Crippen molar-refractivity contribution in [2.75, 3.05) is 13.1 Å². The van der Waals surface area contributed by atoms with Crippen molar-refractivity contribution in [3.05, 3.63) is 24.2 Å². The Morgan fingerprint density at radius 1 is 1.35 bits per heavy atom. The molecule has 0 aromatic carbocycles. The molecule has 128 valence electrons. The number of amides is 2. The van der Waals surface area contributed by atoms with E-state index in [1.165, 1.54) is 0 Å². The van der Waals surface area contributed by atoms with Crippen molar-refractivity contribution >= 4 is 12.0 Å². The quantitative estimate of drug-likeness (QED) is 0.928. The molecule has 6 heteroatoms. The largest absolute Gasteiger partial charge is 0.467 e. The van der Waals surface area contributed by atoms with Gasteiger partial charge in [-0.1, -0.05) is 0 Å². The molecule has 2 rings (SSSR count). The van der Waals surface area contributed by atoms with E-state index in [0.717, 1.165) is 5.76 Å². The van der Waals surface area contributed by atoms with Crippen LogP contribution in [-0.4, -0.2) is 35.6 Å². The second-order valence-corrected chi connectivity index (χ2v) is 6.99. The summed E-state index contributed by atoms with van der Waals surface area (Å²) in [6.07, 6.45) is 2.59. The number of carbonyl (C=O) groups excluding carboxylic acids is 2. The summed E-state index contributed by atoms with van der Waals surface area (Å²) in [5, 5.41) is 2.97. The molecule has 2 heterocycles. The average Bonchev–Trinajstić information content (AvgIpc) is 3.00. The second-order valence-electron chi connectivity index (χ2n) is 6.99. The third-order valence-corrected chi connectivity index (χ3v) is 3.85. The van der Waals surface area contributed by atoms with Crippen molar-refractivity contribution in [1.29, 1.82) is 0 Å². The molecule has 0 bridgehead atoms. The summed E-state index contributed by atoms with van der Waals surface area (Å²) in [4.78, 5) is 26.0. The molecule has 23 heavy (non-hydrogen) atoms. The van der Waals surface area contributed by atoms with Gasteiger partial charge in [-0.2, -0.15) is 0 Å². The summed E-state index contributed by atoms with van der Waals surface area (Å²) in [5.41, 5.74) is -0.496. The molecule has 1 aromatic rings. The van der Waals surface area contributed by atoms with Crippen LogP contribution in [0.3, 0.4) is 0 Å². The Morgan fingerprint density at radius 3 is 2.52 bits per heavy atom. The molecule has 6 nitrogen and oxygen atoms in total. The standard InChI is InChI=1S/C17H26N2O4/c1-12(14-6-5-11-22-14)18-15(20)13-7-9-19(10-8-13)16(21)23-17(2,3)4/h5-6,11-13H,7-10H2,1-4H3,(H,18,20)/t12-/m1/s1. The normalized spacial score (nSPS) is 17.7. The maximum Gasteiger partial charge on any atom is 0.410 e. The number of hydrogen-bond acceptors (Lipinski definition) is 4. The van der Waals surface area contributed by atoms with E-state index in [0.29, 0.717) is 25.9 Å².